The van der Waals surface area contributed by atoms with Gasteiger partial charge in [-0.25, -0.2) is 0 Å². The van der Waals surface area contributed by atoms with Crippen molar-refractivity contribution in [1.82, 2.24) is 10.2 Å². The average Bonchev–Trinajstić information content (AvgIpc) is 2.86. The molecule has 1 N–H and O–H groups in total. The number of nitrogens with one attached hydrogen (secondary N) is 1. The van der Waals surface area contributed by atoms with Crippen LogP contribution in [0, 0.1) is 5.41 Å². The Balaban J connectivity index is 1.96. The van der Waals surface area contributed by atoms with E-state index in [1.807, 2.05) is 0 Å². The number of likely N-dealkylation sites (tertiary alicyclic amines) is 1. The van der Waals surface area contributed by atoms with Crippen LogP contribution in [0.15, 0.2) is 0 Å². The third-order valence-electron chi connectivity index (χ3n) is 4.69. The highest BCUT2D eigenvalue weighted by molar-refractivity contribution is 4.87. The van der Waals surface area contributed by atoms with Gasteiger partial charge in [0, 0.05) is 32.8 Å². The lowest BCUT2D eigenvalue weighted by Gasteiger charge is -2.26. The first-order valence-electron chi connectivity index (χ1n) is 8.27. The first-order valence-corrected chi connectivity index (χ1v) is 8.27. The molecule has 3 nitrogen and oxygen atoms in total. The SMILES string of the molecule is CCCCOCCNCCN1CCC(CC)(CC)C1. The molecule has 0 aromatic rings. The Hall–Kier alpha value is -0.120. The second-order valence-corrected chi connectivity index (χ2v) is 5.95. The van der Waals surface area contributed by atoms with Crippen molar-refractivity contribution in [2.45, 2.75) is 52.9 Å². The lowest BCUT2D eigenvalue weighted by Crippen LogP contribution is -2.33. The molecular formula is C16H34N2O. The zero-order valence-corrected chi connectivity index (χ0v) is 13.3. The molecule has 114 valence electrons. The van der Waals surface area contributed by atoms with Crippen molar-refractivity contribution in [3.8, 4) is 0 Å². The molecule has 0 radical (unpaired) electrons. The Bertz CT molecular complexity index is 217. The second kappa shape index (κ2) is 9.73. The van der Waals surface area contributed by atoms with Crippen LogP contribution in [0.4, 0.5) is 0 Å². The van der Waals surface area contributed by atoms with Gasteiger partial charge in [-0.15, -0.1) is 0 Å². The summed E-state index contributed by atoms with van der Waals surface area (Å²) in [4.78, 5) is 2.62. The number of hydrogen-bond acceptors (Lipinski definition) is 3. The van der Waals surface area contributed by atoms with Crippen LogP contribution in [0.25, 0.3) is 0 Å². The Morgan fingerprint density at radius 3 is 2.53 bits per heavy atom. The van der Waals surface area contributed by atoms with Crippen molar-refractivity contribution < 1.29 is 4.74 Å². The van der Waals surface area contributed by atoms with Gasteiger partial charge in [0.05, 0.1) is 6.61 Å². The van der Waals surface area contributed by atoms with E-state index in [1.165, 1.54) is 51.7 Å². The van der Waals surface area contributed by atoms with Gasteiger partial charge in [-0.05, 0) is 37.6 Å². The minimum Gasteiger partial charge on any atom is -0.380 e. The Kier molecular flexibility index (Phi) is 8.67. The topological polar surface area (TPSA) is 24.5 Å². The molecule has 0 amide bonds. The van der Waals surface area contributed by atoms with Gasteiger partial charge >= 0.3 is 0 Å². The minimum atomic E-state index is 0.614. The van der Waals surface area contributed by atoms with Crippen molar-refractivity contribution in [3.05, 3.63) is 0 Å². The van der Waals surface area contributed by atoms with Gasteiger partial charge in [-0.2, -0.15) is 0 Å². The fourth-order valence-corrected chi connectivity index (χ4v) is 2.90. The molecule has 0 spiro atoms. The lowest BCUT2D eigenvalue weighted by molar-refractivity contribution is 0.132. The molecule has 0 unspecified atom stereocenters. The van der Waals surface area contributed by atoms with Crippen LogP contribution < -0.4 is 5.32 Å². The van der Waals surface area contributed by atoms with Gasteiger partial charge < -0.3 is 15.0 Å². The summed E-state index contributed by atoms with van der Waals surface area (Å²) in [5.41, 5.74) is 0.614. The molecular weight excluding hydrogens is 236 g/mol. The molecule has 0 aromatic heterocycles. The second-order valence-electron chi connectivity index (χ2n) is 5.95. The number of nitrogens with zero attached hydrogens (tertiary/aromatic N) is 1. The van der Waals surface area contributed by atoms with Gasteiger partial charge in [0.2, 0.25) is 0 Å². The van der Waals surface area contributed by atoms with Crippen LogP contribution in [-0.4, -0.2) is 50.8 Å². The quantitative estimate of drug-likeness (QED) is 0.584. The van der Waals surface area contributed by atoms with Crippen molar-refractivity contribution in [3.63, 3.8) is 0 Å². The Morgan fingerprint density at radius 2 is 1.89 bits per heavy atom. The monoisotopic (exact) mass is 270 g/mol. The van der Waals surface area contributed by atoms with Crippen LogP contribution in [0.5, 0.6) is 0 Å². The smallest absolute Gasteiger partial charge is 0.0590 e. The van der Waals surface area contributed by atoms with Crippen molar-refractivity contribution in [1.29, 1.82) is 0 Å². The molecule has 0 atom stereocenters. The van der Waals surface area contributed by atoms with Crippen LogP contribution in [0.2, 0.25) is 0 Å². The summed E-state index contributed by atoms with van der Waals surface area (Å²) in [6.45, 7) is 14.5. The van der Waals surface area contributed by atoms with Gasteiger partial charge in [-0.3, -0.25) is 0 Å². The predicted octanol–water partition coefficient (Wildman–Crippen LogP) is 2.90. The molecule has 1 aliphatic heterocycles. The predicted molar refractivity (Wildman–Crippen MR) is 82.7 cm³/mol. The van der Waals surface area contributed by atoms with E-state index in [0.29, 0.717) is 5.41 Å². The normalized spacial score (nSPS) is 19.1. The molecule has 19 heavy (non-hydrogen) atoms. The summed E-state index contributed by atoms with van der Waals surface area (Å²) in [7, 11) is 0. The van der Waals surface area contributed by atoms with Crippen LogP contribution in [0.3, 0.4) is 0 Å². The van der Waals surface area contributed by atoms with E-state index < -0.39 is 0 Å². The fraction of sp³-hybridized carbons (Fsp3) is 1.00. The van der Waals surface area contributed by atoms with E-state index in [2.05, 4.69) is 31.0 Å². The summed E-state index contributed by atoms with van der Waals surface area (Å²) in [5, 5.41) is 3.49. The number of hydrogen-bond donors (Lipinski definition) is 1. The molecule has 0 saturated carbocycles. The molecule has 0 bridgehead atoms. The van der Waals surface area contributed by atoms with E-state index in [9.17, 15) is 0 Å². The van der Waals surface area contributed by atoms with Gasteiger partial charge in [0.25, 0.3) is 0 Å². The molecule has 0 aliphatic carbocycles. The summed E-state index contributed by atoms with van der Waals surface area (Å²) >= 11 is 0. The van der Waals surface area contributed by atoms with Gasteiger partial charge in [0.1, 0.15) is 0 Å². The molecule has 1 saturated heterocycles. The molecule has 1 rings (SSSR count). The van der Waals surface area contributed by atoms with E-state index in [4.69, 9.17) is 4.74 Å². The molecule has 1 fully saturated rings. The van der Waals surface area contributed by atoms with Crippen molar-refractivity contribution in [2.24, 2.45) is 5.41 Å². The molecule has 1 aliphatic rings. The van der Waals surface area contributed by atoms with E-state index in [1.54, 1.807) is 0 Å². The van der Waals surface area contributed by atoms with Crippen LogP contribution in [0.1, 0.15) is 52.9 Å². The summed E-state index contributed by atoms with van der Waals surface area (Å²) in [6, 6.07) is 0. The zero-order chi connectivity index (χ0) is 14.0. The van der Waals surface area contributed by atoms with Crippen molar-refractivity contribution >= 4 is 0 Å². The summed E-state index contributed by atoms with van der Waals surface area (Å²) < 4.78 is 5.54. The largest absolute Gasteiger partial charge is 0.380 e. The summed E-state index contributed by atoms with van der Waals surface area (Å²) in [5.74, 6) is 0. The number of rotatable bonds is 11. The van der Waals surface area contributed by atoms with Gasteiger partial charge in [0.15, 0.2) is 0 Å². The maximum absolute atomic E-state index is 5.54. The lowest BCUT2D eigenvalue weighted by atomic mass is 9.82. The molecule has 1 heterocycles. The van der Waals surface area contributed by atoms with Crippen LogP contribution in [-0.2, 0) is 4.74 Å². The highest BCUT2D eigenvalue weighted by Gasteiger charge is 2.34. The molecule has 0 aromatic carbocycles. The standard InChI is InChI=1S/C16H34N2O/c1-4-7-13-19-14-10-17-9-12-18-11-8-16(5-2,6-3)15-18/h17H,4-15H2,1-3H3. The highest BCUT2D eigenvalue weighted by atomic mass is 16.5. The molecule has 3 heteroatoms. The average molecular weight is 270 g/mol. The number of ether oxygens (including phenoxy) is 1. The van der Waals surface area contributed by atoms with E-state index in [0.717, 1.165) is 26.3 Å². The summed E-state index contributed by atoms with van der Waals surface area (Å²) in [6.07, 6.45) is 6.46. The maximum Gasteiger partial charge on any atom is 0.0590 e. The first-order chi connectivity index (χ1) is 9.26. The van der Waals surface area contributed by atoms with Gasteiger partial charge in [-0.1, -0.05) is 27.2 Å². The highest BCUT2D eigenvalue weighted by Crippen LogP contribution is 2.36. The fourth-order valence-electron chi connectivity index (χ4n) is 2.90. The maximum atomic E-state index is 5.54. The van der Waals surface area contributed by atoms with E-state index >= 15 is 0 Å². The first kappa shape index (κ1) is 16.9. The Morgan fingerprint density at radius 1 is 1.11 bits per heavy atom. The third kappa shape index (κ3) is 6.24. The third-order valence-corrected chi connectivity index (χ3v) is 4.69. The minimum absolute atomic E-state index is 0.614. The van der Waals surface area contributed by atoms with Crippen molar-refractivity contribution in [2.75, 3.05) is 45.9 Å². The van der Waals surface area contributed by atoms with E-state index in [-0.39, 0.29) is 0 Å². The van der Waals surface area contributed by atoms with Crippen LogP contribution >= 0.6 is 0 Å². The zero-order valence-electron chi connectivity index (χ0n) is 13.3. The Labute approximate surface area is 120 Å². The number of unbranched alkanes of at least 4 members (excludes halogenated alkanes) is 1.